The second-order valence-corrected chi connectivity index (χ2v) is 4.91. The van der Waals surface area contributed by atoms with Crippen LogP contribution in [-0.2, 0) is 0 Å². The van der Waals surface area contributed by atoms with Crippen molar-refractivity contribution in [1.29, 1.82) is 0 Å². The summed E-state index contributed by atoms with van der Waals surface area (Å²) in [6.07, 6.45) is 1.60. The number of amides is 1. The summed E-state index contributed by atoms with van der Waals surface area (Å²) in [7, 11) is 0. The Balaban J connectivity index is 0.00000156. The van der Waals surface area contributed by atoms with Gasteiger partial charge in [0.1, 0.15) is 0 Å². The molecule has 0 spiro atoms. The van der Waals surface area contributed by atoms with Gasteiger partial charge in [-0.25, -0.2) is 4.79 Å². The molecule has 0 aliphatic heterocycles. The second kappa shape index (κ2) is 5.76. The largest absolute Gasteiger partial charge is 0.478 e. The molecule has 0 aliphatic carbocycles. The molecule has 0 fully saturated rings. The monoisotopic (exact) mass is 311 g/mol. The maximum absolute atomic E-state index is 12.4. The standard InChI is InChI=1S/C17H13N3O3.2H2/c18-13-7-8-14(15-12(13)6-3-9-19-15)20-16(21)10-4-1-2-5-11(10)17(22)23;;/h1-9H,18H2,(H,20,21)(H,22,23);2*1H. The first-order chi connectivity index (χ1) is 11.1. The molecule has 0 radical (unpaired) electrons. The van der Waals surface area contributed by atoms with E-state index in [0.717, 1.165) is 5.39 Å². The topological polar surface area (TPSA) is 105 Å². The highest BCUT2D eigenvalue weighted by Gasteiger charge is 2.17. The fourth-order valence-corrected chi connectivity index (χ4v) is 2.35. The van der Waals surface area contributed by atoms with E-state index in [9.17, 15) is 14.7 Å². The van der Waals surface area contributed by atoms with Gasteiger partial charge in [-0.05, 0) is 36.4 Å². The summed E-state index contributed by atoms with van der Waals surface area (Å²) in [6.45, 7) is 0. The van der Waals surface area contributed by atoms with Crippen LogP contribution in [0.15, 0.2) is 54.7 Å². The molecular weight excluding hydrogens is 294 g/mol. The summed E-state index contributed by atoms with van der Waals surface area (Å²) in [5, 5.41) is 12.6. The molecule has 6 heteroatoms. The van der Waals surface area contributed by atoms with Crippen molar-refractivity contribution in [3.63, 3.8) is 0 Å². The van der Waals surface area contributed by atoms with Gasteiger partial charge in [-0.1, -0.05) is 12.1 Å². The van der Waals surface area contributed by atoms with Crippen LogP contribution < -0.4 is 11.1 Å². The number of aromatic carboxylic acids is 1. The number of nitrogens with one attached hydrogen (secondary N) is 1. The number of pyridine rings is 1. The Morgan fingerprint density at radius 3 is 2.52 bits per heavy atom. The number of fused-ring (bicyclic) bond motifs is 1. The van der Waals surface area contributed by atoms with Crippen LogP contribution in [0.3, 0.4) is 0 Å². The zero-order valence-corrected chi connectivity index (χ0v) is 12.0. The minimum Gasteiger partial charge on any atom is -0.478 e. The number of hydrogen-bond acceptors (Lipinski definition) is 4. The van der Waals surface area contributed by atoms with Crippen molar-refractivity contribution in [2.75, 3.05) is 11.1 Å². The molecule has 4 N–H and O–H groups in total. The number of nitrogens with zero attached hydrogens (tertiary/aromatic N) is 1. The molecule has 0 saturated heterocycles. The fraction of sp³-hybridized carbons (Fsp3) is 0. The van der Waals surface area contributed by atoms with E-state index in [1.54, 1.807) is 42.6 Å². The Morgan fingerprint density at radius 1 is 1.04 bits per heavy atom. The maximum Gasteiger partial charge on any atom is 0.336 e. The molecule has 3 aromatic rings. The Labute approximate surface area is 134 Å². The number of carbonyl (C=O) groups excluding carboxylic acids is 1. The molecule has 0 aliphatic rings. The molecule has 0 atom stereocenters. The highest BCUT2D eigenvalue weighted by molar-refractivity contribution is 6.13. The van der Waals surface area contributed by atoms with Gasteiger partial charge in [-0.15, -0.1) is 0 Å². The zero-order chi connectivity index (χ0) is 16.4. The average molecular weight is 311 g/mol. The van der Waals surface area contributed by atoms with Crippen molar-refractivity contribution >= 4 is 34.2 Å². The number of nitrogens with two attached hydrogens (primary N) is 1. The summed E-state index contributed by atoms with van der Waals surface area (Å²) in [6, 6.07) is 12.9. The van der Waals surface area contributed by atoms with Gasteiger partial charge in [-0.2, -0.15) is 0 Å². The van der Waals surface area contributed by atoms with Crippen LogP contribution in [0.2, 0.25) is 0 Å². The predicted octanol–water partition coefficient (Wildman–Crippen LogP) is 3.26. The number of hydrogen-bond donors (Lipinski definition) is 3. The van der Waals surface area contributed by atoms with E-state index in [1.807, 2.05) is 0 Å². The third-order valence-corrected chi connectivity index (χ3v) is 3.45. The normalized spacial score (nSPS) is 10.4. The summed E-state index contributed by atoms with van der Waals surface area (Å²) in [4.78, 5) is 27.9. The molecule has 0 bridgehead atoms. The minimum atomic E-state index is -1.16. The molecule has 23 heavy (non-hydrogen) atoms. The number of nitrogen functional groups attached to an aromatic ring is 1. The lowest BCUT2D eigenvalue weighted by Gasteiger charge is -2.11. The van der Waals surface area contributed by atoms with E-state index in [1.165, 1.54) is 12.1 Å². The number of carbonyl (C=O) groups is 2. The van der Waals surface area contributed by atoms with Crippen LogP contribution in [0.5, 0.6) is 0 Å². The van der Waals surface area contributed by atoms with E-state index < -0.39 is 11.9 Å². The van der Waals surface area contributed by atoms with E-state index in [4.69, 9.17) is 5.73 Å². The van der Waals surface area contributed by atoms with Gasteiger partial charge in [0.05, 0.1) is 22.3 Å². The number of carboxylic acids is 1. The van der Waals surface area contributed by atoms with Gasteiger partial charge < -0.3 is 16.2 Å². The number of carboxylic acid groups (broad SMARTS) is 1. The van der Waals surface area contributed by atoms with Crippen molar-refractivity contribution < 1.29 is 17.5 Å². The lowest BCUT2D eigenvalue weighted by atomic mass is 10.1. The Kier molecular flexibility index (Phi) is 3.64. The summed E-state index contributed by atoms with van der Waals surface area (Å²) < 4.78 is 0. The molecule has 6 nitrogen and oxygen atoms in total. The molecule has 0 saturated carbocycles. The van der Waals surface area contributed by atoms with Crippen molar-refractivity contribution in [3.8, 4) is 0 Å². The summed E-state index contributed by atoms with van der Waals surface area (Å²) in [5.41, 5.74) is 7.50. The molecule has 3 rings (SSSR count). The summed E-state index contributed by atoms with van der Waals surface area (Å²) in [5.74, 6) is -1.67. The van der Waals surface area contributed by atoms with Crippen LogP contribution in [0.25, 0.3) is 10.9 Å². The summed E-state index contributed by atoms with van der Waals surface area (Å²) >= 11 is 0. The van der Waals surface area contributed by atoms with E-state index >= 15 is 0 Å². The number of aromatic nitrogens is 1. The van der Waals surface area contributed by atoms with Gasteiger partial charge >= 0.3 is 5.97 Å². The van der Waals surface area contributed by atoms with Crippen molar-refractivity contribution in [1.82, 2.24) is 4.98 Å². The Bertz CT molecular complexity index is 932. The van der Waals surface area contributed by atoms with Crippen LogP contribution in [0, 0.1) is 0 Å². The number of rotatable bonds is 3. The van der Waals surface area contributed by atoms with Gasteiger partial charge in [0.2, 0.25) is 0 Å². The lowest BCUT2D eigenvalue weighted by molar-refractivity contribution is 0.0692. The first-order valence-corrected chi connectivity index (χ1v) is 6.85. The van der Waals surface area contributed by atoms with Gasteiger partial charge in [0, 0.05) is 20.1 Å². The molecule has 2 aromatic carbocycles. The quantitative estimate of drug-likeness (QED) is 0.644. The van der Waals surface area contributed by atoms with Crippen LogP contribution >= 0.6 is 0 Å². The molecule has 1 aromatic heterocycles. The number of benzene rings is 2. The van der Waals surface area contributed by atoms with Gasteiger partial charge in [0.25, 0.3) is 5.91 Å². The first-order valence-electron chi connectivity index (χ1n) is 6.85. The number of anilines is 2. The van der Waals surface area contributed by atoms with Crippen molar-refractivity contribution in [2.24, 2.45) is 0 Å². The third-order valence-electron chi connectivity index (χ3n) is 3.45. The molecular formula is C17H17N3O3. The highest BCUT2D eigenvalue weighted by atomic mass is 16.4. The average Bonchev–Trinajstić information content (AvgIpc) is 2.57. The first kappa shape index (κ1) is 14.5. The zero-order valence-electron chi connectivity index (χ0n) is 12.0. The van der Waals surface area contributed by atoms with Crippen LogP contribution in [0.1, 0.15) is 23.6 Å². The second-order valence-electron chi connectivity index (χ2n) is 4.91. The Hall–Kier alpha value is -3.41. The van der Waals surface area contributed by atoms with E-state index in [2.05, 4.69) is 10.3 Å². The maximum atomic E-state index is 12.4. The van der Waals surface area contributed by atoms with E-state index in [-0.39, 0.29) is 14.0 Å². The molecule has 0 unspecified atom stereocenters. The third kappa shape index (κ3) is 2.69. The van der Waals surface area contributed by atoms with Crippen LogP contribution in [0.4, 0.5) is 11.4 Å². The van der Waals surface area contributed by atoms with Crippen molar-refractivity contribution in [3.05, 3.63) is 65.9 Å². The molecule has 1 amide bonds. The smallest absolute Gasteiger partial charge is 0.336 e. The predicted molar refractivity (Wildman–Crippen MR) is 91.7 cm³/mol. The highest BCUT2D eigenvalue weighted by Crippen LogP contribution is 2.26. The van der Waals surface area contributed by atoms with Crippen LogP contribution in [-0.4, -0.2) is 22.0 Å². The van der Waals surface area contributed by atoms with Gasteiger partial charge in [0.15, 0.2) is 0 Å². The molecule has 118 valence electrons. The van der Waals surface area contributed by atoms with E-state index in [0.29, 0.717) is 16.9 Å². The Morgan fingerprint density at radius 2 is 1.78 bits per heavy atom. The van der Waals surface area contributed by atoms with Gasteiger partial charge in [-0.3, -0.25) is 9.78 Å². The fourth-order valence-electron chi connectivity index (χ4n) is 2.35. The lowest BCUT2D eigenvalue weighted by Crippen LogP contribution is -2.16. The minimum absolute atomic E-state index is 0. The SMILES string of the molecule is Nc1ccc(NC(=O)c2ccccc2C(=O)O)c2ncccc12.[HH].[HH]. The molecule has 1 heterocycles. The van der Waals surface area contributed by atoms with Crippen molar-refractivity contribution in [2.45, 2.75) is 0 Å².